The summed E-state index contributed by atoms with van der Waals surface area (Å²) in [5.74, 6) is 0.314. The zero-order chi connectivity index (χ0) is 20.8. The molecule has 0 aliphatic rings. The Kier molecular flexibility index (Phi) is 6.87. The minimum atomic E-state index is -0.293. The molecule has 0 atom stereocenters. The number of hydrogen-bond donors (Lipinski definition) is 3. The van der Waals surface area contributed by atoms with E-state index < -0.39 is 0 Å². The van der Waals surface area contributed by atoms with Gasteiger partial charge in [0.15, 0.2) is 0 Å². The van der Waals surface area contributed by atoms with E-state index in [1.54, 1.807) is 48.7 Å². The van der Waals surface area contributed by atoms with Gasteiger partial charge in [-0.05, 0) is 30.3 Å². The first kappa shape index (κ1) is 20.9. The third kappa shape index (κ3) is 5.35. The third-order valence-corrected chi connectivity index (χ3v) is 4.53. The van der Waals surface area contributed by atoms with E-state index in [1.807, 2.05) is 0 Å². The lowest BCUT2D eigenvalue weighted by Crippen LogP contribution is -2.29. The molecule has 3 aromatic rings. The minimum absolute atomic E-state index is 0.0238. The number of oxazole rings is 1. The van der Waals surface area contributed by atoms with Crippen molar-refractivity contribution in [3.05, 3.63) is 70.0 Å². The average Bonchev–Trinajstić information content (AvgIpc) is 3.18. The quantitative estimate of drug-likeness (QED) is 0.528. The Morgan fingerprint density at radius 1 is 1.14 bits per heavy atom. The van der Waals surface area contributed by atoms with Crippen molar-refractivity contribution in [3.8, 4) is 11.5 Å². The summed E-state index contributed by atoms with van der Waals surface area (Å²) in [6.07, 6.45) is 1.55. The van der Waals surface area contributed by atoms with Gasteiger partial charge in [0, 0.05) is 12.1 Å². The number of aromatic nitrogens is 1. The fraction of sp³-hybridized carbons (Fsp3) is 0.150. The van der Waals surface area contributed by atoms with Crippen LogP contribution in [0.2, 0.25) is 10.0 Å². The minimum Gasteiger partial charge on any atom is -0.440 e. The highest BCUT2D eigenvalue weighted by Crippen LogP contribution is 2.30. The molecular formula is C20H18Cl2N4O3. The van der Waals surface area contributed by atoms with Gasteiger partial charge >= 0.3 is 0 Å². The molecule has 1 aromatic heterocycles. The number of nitrogens with zero attached hydrogens (tertiary/aromatic N) is 1. The van der Waals surface area contributed by atoms with Crippen molar-refractivity contribution in [2.45, 2.75) is 6.54 Å². The molecule has 0 saturated heterocycles. The Labute approximate surface area is 177 Å². The zero-order valence-electron chi connectivity index (χ0n) is 15.5. The lowest BCUT2D eigenvalue weighted by molar-refractivity contribution is -0.115. The Balaban J connectivity index is 1.56. The molecule has 150 valence electrons. The molecule has 9 heteroatoms. The second-order valence-electron chi connectivity index (χ2n) is 6.03. The van der Waals surface area contributed by atoms with Crippen molar-refractivity contribution in [2.75, 3.05) is 18.9 Å². The van der Waals surface area contributed by atoms with Gasteiger partial charge in [0.05, 0.1) is 41.1 Å². The first-order valence-electron chi connectivity index (χ1n) is 8.69. The van der Waals surface area contributed by atoms with Gasteiger partial charge in [0.2, 0.25) is 11.8 Å². The number of nitrogens with one attached hydrogen (secondary N) is 3. The first-order chi connectivity index (χ1) is 14.0. The van der Waals surface area contributed by atoms with E-state index in [1.165, 1.54) is 7.05 Å². The maximum Gasteiger partial charge on any atom is 0.253 e. The van der Waals surface area contributed by atoms with Gasteiger partial charge in [0.25, 0.3) is 5.91 Å². The Hall–Kier alpha value is -2.87. The molecule has 0 radical (unpaired) electrons. The normalized spacial score (nSPS) is 10.6. The summed E-state index contributed by atoms with van der Waals surface area (Å²) >= 11 is 12.1. The number of carbonyl (C=O) groups excluding carboxylic acids is 2. The van der Waals surface area contributed by atoms with E-state index in [2.05, 4.69) is 20.9 Å². The second-order valence-corrected chi connectivity index (χ2v) is 6.88. The predicted molar refractivity (Wildman–Crippen MR) is 112 cm³/mol. The maximum absolute atomic E-state index is 12.2. The monoisotopic (exact) mass is 432 g/mol. The number of benzene rings is 2. The number of halogens is 2. The first-order valence-corrected chi connectivity index (χ1v) is 9.45. The summed E-state index contributed by atoms with van der Waals surface area (Å²) in [5.41, 5.74) is 1.42. The molecular weight excluding hydrogens is 415 g/mol. The molecule has 0 unspecified atom stereocenters. The Morgan fingerprint density at radius 3 is 2.72 bits per heavy atom. The van der Waals surface area contributed by atoms with E-state index in [9.17, 15) is 9.59 Å². The molecule has 3 rings (SSSR count). The van der Waals surface area contributed by atoms with Gasteiger partial charge in [-0.2, -0.15) is 0 Å². The van der Waals surface area contributed by atoms with E-state index in [0.717, 1.165) is 0 Å². The van der Waals surface area contributed by atoms with Crippen LogP contribution in [-0.4, -0.2) is 30.4 Å². The number of rotatable bonds is 7. The Morgan fingerprint density at radius 2 is 1.93 bits per heavy atom. The van der Waals surface area contributed by atoms with Crippen molar-refractivity contribution in [2.24, 2.45) is 0 Å². The average molecular weight is 433 g/mol. The molecule has 7 nitrogen and oxygen atoms in total. The molecule has 29 heavy (non-hydrogen) atoms. The maximum atomic E-state index is 12.2. The van der Waals surface area contributed by atoms with Crippen LogP contribution in [-0.2, 0) is 11.3 Å². The molecule has 0 aliphatic heterocycles. The fourth-order valence-electron chi connectivity index (χ4n) is 2.59. The van der Waals surface area contributed by atoms with Crippen molar-refractivity contribution in [3.63, 3.8) is 0 Å². The van der Waals surface area contributed by atoms with Crippen molar-refractivity contribution in [1.29, 1.82) is 0 Å². The highest BCUT2D eigenvalue weighted by atomic mass is 35.5. The second kappa shape index (κ2) is 9.56. The van der Waals surface area contributed by atoms with Crippen LogP contribution in [0.5, 0.6) is 0 Å². The highest BCUT2D eigenvalue weighted by molar-refractivity contribution is 6.35. The van der Waals surface area contributed by atoms with Crippen LogP contribution >= 0.6 is 23.2 Å². The van der Waals surface area contributed by atoms with Crippen LogP contribution in [0.15, 0.2) is 53.1 Å². The van der Waals surface area contributed by atoms with Gasteiger partial charge in [-0.25, -0.2) is 4.98 Å². The van der Waals surface area contributed by atoms with Gasteiger partial charge in [0.1, 0.15) is 5.76 Å². The molecule has 2 amide bonds. The summed E-state index contributed by atoms with van der Waals surface area (Å²) < 4.78 is 5.67. The summed E-state index contributed by atoms with van der Waals surface area (Å²) in [7, 11) is 1.53. The predicted octanol–water partition coefficient (Wildman–Crippen LogP) is 3.74. The number of carbonyl (C=O) groups is 2. The van der Waals surface area contributed by atoms with Crippen molar-refractivity contribution >= 4 is 40.7 Å². The molecule has 3 N–H and O–H groups in total. The molecule has 0 spiro atoms. The van der Waals surface area contributed by atoms with Crippen LogP contribution in [0, 0.1) is 0 Å². The van der Waals surface area contributed by atoms with E-state index in [4.69, 9.17) is 27.6 Å². The van der Waals surface area contributed by atoms with Crippen molar-refractivity contribution in [1.82, 2.24) is 15.6 Å². The molecule has 0 saturated carbocycles. The van der Waals surface area contributed by atoms with Gasteiger partial charge < -0.3 is 20.4 Å². The van der Waals surface area contributed by atoms with E-state index in [-0.39, 0.29) is 24.9 Å². The smallest absolute Gasteiger partial charge is 0.253 e. The van der Waals surface area contributed by atoms with Crippen LogP contribution in [0.1, 0.15) is 16.1 Å². The number of para-hydroxylation sites is 1. The van der Waals surface area contributed by atoms with Crippen LogP contribution < -0.4 is 16.0 Å². The summed E-state index contributed by atoms with van der Waals surface area (Å²) in [5, 5.41) is 9.23. The van der Waals surface area contributed by atoms with Crippen LogP contribution in [0.25, 0.3) is 11.5 Å². The lowest BCUT2D eigenvalue weighted by Gasteiger charge is -2.10. The number of amides is 2. The SMILES string of the molecule is CNC(=O)c1ccccc1NC(=O)CNCc1cnc(-c2cc(Cl)ccc2Cl)o1. The molecule has 0 fully saturated rings. The van der Waals surface area contributed by atoms with E-state index >= 15 is 0 Å². The molecule has 1 heterocycles. The topological polar surface area (TPSA) is 96.3 Å². The molecule has 0 bridgehead atoms. The standard InChI is InChI=1S/C20H18Cl2N4O3/c1-23-19(28)14-4-2-3-5-17(14)26-18(27)11-24-9-13-10-25-20(29-13)15-8-12(21)6-7-16(15)22/h2-8,10,24H,9,11H2,1H3,(H,23,28)(H,26,27). The number of anilines is 1. The van der Waals surface area contributed by atoms with Crippen molar-refractivity contribution < 1.29 is 14.0 Å². The summed E-state index contributed by atoms with van der Waals surface area (Å²) in [6.45, 7) is 0.311. The van der Waals surface area contributed by atoms with Gasteiger partial charge in [-0.15, -0.1) is 0 Å². The molecule has 2 aromatic carbocycles. The molecule has 0 aliphatic carbocycles. The summed E-state index contributed by atoms with van der Waals surface area (Å²) in [4.78, 5) is 28.3. The zero-order valence-corrected chi connectivity index (χ0v) is 17.0. The lowest BCUT2D eigenvalue weighted by atomic mass is 10.1. The van der Waals surface area contributed by atoms with E-state index in [0.29, 0.717) is 38.5 Å². The fourth-order valence-corrected chi connectivity index (χ4v) is 2.96. The number of hydrogen-bond acceptors (Lipinski definition) is 5. The van der Waals surface area contributed by atoms with Gasteiger partial charge in [-0.1, -0.05) is 35.3 Å². The largest absolute Gasteiger partial charge is 0.440 e. The van der Waals surface area contributed by atoms with Gasteiger partial charge in [-0.3, -0.25) is 9.59 Å². The summed E-state index contributed by atoms with van der Waals surface area (Å²) in [6, 6.07) is 11.8. The third-order valence-electron chi connectivity index (χ3n) is 3.97. The Bertz CT molecular complexity index is 1040. The van der Waals surface area contributed by atoms with Crippen LogP contribution in [0.3, 0.4) is 0 Å². The highest BCUT2D eigenvalue weighted by Gasteiger charge is 2.13. The van der Waals surface area contributed by atoms with Crippen LogP contribution in [0.4, 0.5) is 5.69 Å².